The summed E-state index contributed by atoms with van der Waals surface area (Å²) in [4.78, 5) is 6.13. The summed E-state index contributed by atoms with van der Waals surface area (Å²) in [7, 11) is 0. The number of nitrogens with zero attached hydrogens (tertiary/aromatic N) is 3. The molecule has 0 bridgehead atoms. The highest BCUT2D eigenvalue weighted by atomic mass is 19.4. The van der Waals surface area contributed by atoms with Crippen molar-refractivity contribution >= 4 is 0 Å². The number of hydrogen-bond donors (Lipinski definition) is 1. The Morgan fingerprint density at radius 1 is 1.24 bits per heavy atom. The molecule has 1 saturated heterocycles. The van der Waals surface area contributed by atoms with Gasteiger partial charge in [0, 0.05) is 18.5 Å². The van der Waals surface area contributed by atoms with E-state index in [2.05, 4.69) is 10.1 Å². The quantitative estimate of drug-likeness (QED) is 0.914. The van der Waals surface area contributed by atoms with Crippen molar-refractivity contribution in [3.63, 3.8) is 0 Å². The highest BCUT2D eigenvalue weighted by Crippen LogP contribution is 2.41. The van der Waals surface area contributed by atoms with Crippen LogP contribution in [-0.4, -0.2) is 32.8 Å². The number of aliphatic hydroxyl groups excluding tert-OH is 1. The zero-order valence-electron chi connectivity index (χ0n) is 13.4. The Balaban J connectivity index is 1.59. The minimum absolute atomic E-state index is 0.178. The third-order valence-electron chi connectivity index (χ3n) is 4.76. The molecule has 1 aromatic heterocycles. The number of β-amino-alcohol motifs (C(OH)–C–C–N with tert-alkyl or cyclic N) is 1. The summed E-state index contributed by atoms with van der Waals surface area (Å²) >= 11 is 0. The van der Waals surface area contributed by atoms with Gasteiger partial charge in [-0.2, -0.15) is 18.2 Å². The molecule has 0 radical (unpaired) electrons. The lowest BCUT2D eigenvalue weighted by molar-refractivity contribution is -0.138. The molecule has 1 aliphatic carbocycles. The molecule has 134 valence electrons. The largest absolute Gasteiger partial charge is 0.416 e. The Morgan fingerprint density at radius 2 is 2.00 bits per heavy atom. The second kappa shape index (κ2) is 6.10. The highest BCUT2D eigenvalue weighted by Gasteiger charge is 2.40. The van der Waals surface area contributed by atoms with Crippen LogP contribution >= 0.6 is 0 Å². The van der Waals surface area contributed by atoms with Crippen molar-refractivity contribution < 1.29 is 22.8 Å². The molecule has 0 amide bonds. The second-order valence-corrected chi connectivity index (χ2v) is 6.74. The van der Waals surface area contributed by atoms with E-state index in [-0.39, 0.29) is 25.1 Å². The van der Waals surface area contributed by atoms with Crippen LogP contribution in [0.3, 0.4) is 0 Å². The number of halogens is 3. The van der Waals surface area contributed by atoms with E-state index < -0.39 is 23.9 Å². The molecule has 8 heteroatoms. The van der Waals surface area contributed by atoms with Crippen molar-refractivity contribution in [1.29, 1.82) is 0 Å². The summed E-state index contributed by atoms with van der Waals surface area (Å²) < 4.78 is 45.2. The lowest BCUT2D eigenvalue weighted by Gasteiger charge is -2.25. The van der Waals surface area contributed by atoms with Crippen LogP contribution in [0.15, 0.2) is 28.8 Å². The number of rotatable bonds is 4. The van der Waals surface area contributed by atoms with Crippen molar-refractivity contribution in [3.05, 3.63) is 47.1 Å². The van der Waals surface area contributed by atoms with E-state index in [1.807, 2.05) is 0 Å². The Labute approximate surface area is 142 Å². The molecule has 5 nitrogen and oxygen atoms in total. The molecule has 25 heavy (non-hydrogen) atoms. The normalized spacial score (nSPS) is 24.8. The lowest BCUT2D eigenvalue weighted by Crippen LogP contribution is -2.26. The van der Waals surface area contributed by atoms with Gasteiger partial charge in [-0.3, -0.25) is 4.90 Å². The van der Waals surface area contributed by atoms with E-state index in [9.17, 15) is 18.3 Å². The van der Waals surface area contributed by atoms with Crippen LogP contribution in [0.2, 0.25) is 0 Å². The predicted octanol–water partition coefficient (Wildman–Crippen LogP) is 3.27. The van der Waals surface area contributed by atoms with Gasteiger partial charge in [-0.25, -0.2) is 0 Å². The summed E-state index contributed by atoms with van der Waals surface area (Å²) in [6.45, 7) is 0.536. The van der Waals surface area contributed by atoms with Crippen LogP contribution < -0.4 is 0 Å². The minimum Gasteiger partial charge on any atom is -0.392 e. The molecule has 2 fully saturated rings. The number of hydrogen-bond acceptors (Lipinski definition) is 5. The first-order chi connectivity index (χ1) is 11.9. The molecule has 1 aromatic carbocycles. The smallest absolute Gasteiger partial charge is 0.392 e. The third-order valence-corrected chi connectivity index (χ3v) is 4.76. The van der Waals surface area contributed by atoms with Gasteiger partial charge in [0.25, 0.3) is 0 Å². The van der Waals surface area contributed by atoms with Gasteiger partial charge in [-0.1, -0.05) is 23.4 Å². The molecule has 1 aliphatic heterocycles. The van der Waals surface area contributed by atoms with Gasteiger partial charge in [0.1, 0.15) is 0 Å². The maximum absolute atomic E-state index is 13.3. The number of aromatic nitrogens is 2. The van der Waals surface area contributed by atoms with Crippen LogP contribution in [-0.2, 0) is 12.7 Å². The van der Waals surface area contributed by atoms with Gasteiger partial charge in [-0.05, 0) is 30.9 Å². The molecule has 2 heterocycles. The fraction of sp³-hybridized carbons (Fsp3) is 0.529. The Morgan fingerprint density at radius 3 is 2.72 bits per heavy atom. The maximum Gasteiger partial charge on any atom is 0.416 e. The number of likely N-dealkylation sites (tertiary alicyclic amines) is 1. The van der Waals surface area contributed by atoms with E-state index >= 15 is 0 Å². The SMILES string of the molecule is O[C@@H]1C[C@@H](c2ccccc2C(F)(F)F)N(Cc2noc(C3CC3)n2)C1. The lowest BCUT2D eigenvalue weighted by atomic mass is 9.97. The number of aliphatic hydroxyl groups is 1. The molecule has 0 unspecified atom stereocenters. The molecule has 1 N–H and O–H groups in total. The van der Waals surface area contributed by atoms with Crippen LogP contribution in [0.4, 0.5) is 13.2 Å². The monoisotopic (exact) mass is 353 g/mol. The van der Waals surface area contributed by atoms with E-state index in [0.29, 0.717) is 17.6 Å². The van der Waals surface area contributed by atoms with Gasteiger partial charge in [0.05, 0.1) is 18.2 Å². The number of benzene rings is 1. The zero-order valence-corrected chi connectivity index (χ0v) is 13.4. The third kappa shape index (κ3) is 3.41. The van der Waals surface area contributed by atoms with Gasteiger partial charge in [-0.15, -0.1) is 0 Å². The first-order valence-corrected chi connectivity index (χ1v) is 8.32. The average molecular weight is 353 g/mol. The molecule has 2 atom stereocenters. The van der Waals surface area contributed by atoms with E-state index in [4.69, 9.17) is 4.52 Å². The van der Waals surface area contributed by atoms with Crippen molar-refractivity contribution in [2.45, 2.75) is 50.0 Å². The number of alkyl halides is 3. The summed E-state index contributed by atoms with van der Waals surface area (Å²) in [5, 5.41) is 14.0. The first-order valence-electron chi connectivity index (χ1n) is 8.32. The van der Waals surface area contributed by atoms with E-state index in [1.54, 1.807) is 11.0 Å². The average Bonchev–Trinajstić information content (AvgIpc) is 3.20. The van der Waals surface area contributed by atoms with Gasteiger partial charge in [0.15, 0.2) is 5.82 Å². The second-order valence-electron chi connectivity index (χ2n) is 6.74. The van der Waals surface area contributed by atoms with Crippen molar-refractivity contribution in [3.8, 4) is 0 Å². The van der Waals surface area contributed by atoms with Crippen LogP contribution in [0.5, 0.6) is 0 Å². The fourth-order valence-electron chi connectivity index (χ4n) is 3.43. The van der Waals surface area contributed by atoms with Crippen LogP contribution in [0.25, 0.3) is 0 Å². The van der Waals surface area contributed by atoms with E-state index in [0.717, 1.165) is 18.9 Å². The van der Waals surface area contributed by atoms with E-state index in [1.165, 1.54) is 12.1 Å². The van der Waals surface area contributed by atoms with Gasteiger partial charge in [0.2, 0.25) is 5.89 Å². The molecule has 0 spiro atoms. The zero-order chi connectivity index (χ0) is 17.6. The van der Waals surface area contributed by atoms with Gasteiger partial charge >= 0.3 is 6.18 Å². The Hall–Kier alpha value is -1.93. The first kappa shape index (κ1) is 16.5. The Kier molecular flexibility index (Phi) is 4.04. The highest BCUT2D eigenvalue weighted by molar-refractivity contribution is 5.33. The predicted molar refractivity (Wildman–Crippen MR) is 81.5 cm³/mol. The maximum atomic E-state index is 13.3. The van der Waals surface area contributed by atoms with Crippen molar-refractivity contribution in [2.75, 3.05) is 6.54 Å². The van der Waals surface area contributed by atoms with Crippen LogP contribution in [0, 0.1) is 0 Å². The summed E-state index contributed by atoms with van der Waals surface area (Å²) in [5.41, 5.74) is -0.483. The van der Waals surface area contributed by atoms with Gasteiger partial charge < -0.3 is 9.63 Å². The molecule has 2 aromatic rings. The van der Waals surface area contributed by atoms with Crippen molar-refractivity contribution in [1.82, 2.24) is 15.0 Å². The summed E-state index contributed by atoms with van der Waals surface area (Å²) in [6.07, 6.45) is -2.79. The molecule has 1 saturated carbocycles. The topological polar surface area (TPSA) is 62.4 Å². The summed E-state index contributed by atoms with van der Waals surface area (Å²) in [5.74, 6) is 1.37. The molecule has 4 rings (SSSR count). The summed E-state index contributed by atoms with van der Waals surface area (Å²) in [6, 6.07) is 4.99. The minimum atomic E-state index is -4.43. The van der Waals surface area contributed by atoms with Crippen LogP contribution in [0.1, 0.15) is 54.1 Å². The fourth-order valence-corrected chi connectivity index (χ4v) is 3.43. The standard InChI is InChI=1S/C17H18F3N3O2/c18-17(19,20)13-4-2-1-3-12(13)14-7-11(24)8-23(14)9-15-21-16(25-22-15)10-5-6-10/h1-4,10-11,14,24H,5-9H2/t11-,14+/m1/s1. The Bertz CT molecular complexity index is 758. The molecule has 2 aliphatic rings. The molecular weight excluding hydrogens is 335 g/mol. The van der Waals surface area contributed by atoms with Crippen molar-refractivity contribution in [2.24, 2.45) is 0 Å². The molecular formula is C17H18F3N3O2.